The van der Waals surface area contributed by atoms with E-state index in [4.69, 9.17) is 9.47 Å². The number of hydrogen-bond donors (Lipinski definition) is 2. The number of benzene rings is 1. The molecular formula is C20H32FN3O2. The average molecular weight is 365 g/mol. The second-order valence-electron chi connectivity index (χ2n) is 6.81. The summed E-state index contributed by atoms with van der Waals surface area (Å²) in [5.74, 6) is 1.02. The Morgan fingerprint density at radius 1 is 1.23 bits per heavy atom. The Labute approximate surface area is 156 Å². The van der Waals surface area contributed by atoms with Gasteiger partial charge in [-0.15, -0.1) is 0 Å². The van der Waals surface area contributed by atoms with Crippen LogP contribution >= 0.6 is 0 Å². The van der Waals surface area contributed by atoms with Crippen molar-refractivity contribution in [2.24, 2.45) is 10.4 Å². The SMILES string of the molecule is CCOCCC1(CNC(=NC)NCCOc2cccc(F)c2)CCCC1. The van der Waals surface area contributed by atoms with E-state index in [0.29, 0.717) is 24.3 Å². The summed E-state index contributed by atoms with van der Waals surface area (Å²) in [6, 6.07) is 6.18. The van der Waals surface area contributed by atoms with Gasteiger partial charge in [0.15, 0.2) is 5.96 Å². The van der Waals surface area contributed by atoms with Crippen molar-refractivity contribution >= 4 is 5.96 Å². The highest BCUT2D eigenvalue weighted by atomic mass is 19.1. The molecule has 0 atom stereocenters. The monoisotopic (exact) mass is 365 g/mol. The third-order valence-corrected chi connectivity index (χ3v) is 4.96. The number of rotatable bonds is 10. The van der Waals surface area contributed by atoms with Crippen LogP contribution in [0.2, 0.25) is 0 Å². The van der Waals surface area contributed by atoms with E-state index in [1.807, 2.05) is 6.92 Å². The predicted molar refractivity (Wildman–Crippen MR) is 103 cm³/mol. The lowest BCUT2D eigenvalue weighted by atomic mass is 9.83. The molecule has 0 amide bonds. The van der Waals surface area contributed by atoms with E-state index in [2.05, 4.69) is 15.6 Å². The molecule has 0 heterocycles. The van der Waals surface area contributed by atoms with Crippen LogP contribution in [0.5, 0.6) is 5.75 Å². The lowest BCUT2D eigenvalue weighted by Crippen LogP contribution is -2.44. The minimum Gasteiger partial charge on any atom is -0.492 e. The molecule has 0 aliphatic heterocycles. The van der Waals surface area contributed by atoms with Gasteiger partial charge in [0.1, 0.15) is 18.2 Å². The van der Waals surface area contributed by atoms with Crippen molar-refractivity contribution in [1.82, 2.24) is 10.6 Å². The molecule has 0 unspecified atom stereocenters. The fraction of sp³-hybridized carbons (Fsp3) is 0.650. The van der Waals surface area contributed by atoms with Crippen molar-refractivity contribution in [3.05, 3.63) is 30.1 Å². The molecule has 2 N–H and O–H groups in total. The summed E-state index contributed by atoms with van der Waals surface area (Å²) in [7, 11) is 1.77. The van der Waals surface area contributed by atoms with Crippen molar-refractivity contribution in [2.75, 3.05) is 40.0 Å². The molecule has 1 saturated carbocycles. The second-order valence-corrected chi connectivity index (χ2v) is 6.81. The van der Waals surface area contributed by atoms with E-state index in [9.17, 15) is 4.39 Å². The smallest absolute Gasteiger partial charge is 0.191 e. The second kappa shape index (κ2) is 11.0. The molecule has 0 saturated heterocycles. The van der Waals surface area contributed by atoms with E-state index in [1.54, 1.807) is 19.2 Å². The summed E-state index contributed by atoms with van der Waals surface area (Å²) >= 11 is 0. The zero-order chi connectivity index (χ0) is 18.7. The van der Waals surface area contributed by atoms with Gasteiger partial charge in [0.25, 0.3) is 0 Å². The molecule has 0 spiro atoms. The fourth-order valence-electron chi connectivity index (χ4n) is 3.46. The zero-order valence-electron chi connectivity index (χ0n) is 16.0. The zero-order valence-corrected chi connectivity index (χ0v) is 16.0. The van der Waals surface area contributed by atoms with E-state index in [-0.39, 0.29) is 5.82 Å². The van der Waals surface area contributed by atoms with E-state index >= 15 is 0 Å². The predicted octanol–water partition coefficient (Wildman–Crippen LogP) is 3.36. The average Bonchev–Trinajstić information content (AvgIpc) is 3.10. The molecule has 0 radical (unpaired) electrons. The van der Waals surface area contributed by atoms with E-state index < -0.39 is 0 Å². The topological polar surface area (TPSA) is 54.9 Å². The molecular weight excluding hydrogens is 333 g/mol. The molecule has 1 aromatic carbocycles. The van der Waals surface area contributed by atoms with Crippen molar-refractivity contribution < 1.29 is 13.9 Å². The summed E-state index contributed by atoms with van der Waals surface area (Å²) in [5, 5.41) is 6.71. The summed E-state index contributed by atoms with van der Waals surface area (Å²) in [4.78, 5) is 4.28. The quantitative estimate of drug-likeness (QED) is 0.379. The molecule has 0 bridgehead atoms. The molecule has 26 heavy (non-hydrogen) atoms. The molecule has 1 fully saturated rings. The number of guanidine groups is 1. The van der Waals surface area contributed by atoms with Crippen LogP contribution in [0, 0.1) is 11.2 Å². The van der Waals surface area contributed by atoms with Gasteiger partial charge >= 0.3 is 0 Å². The number of nitrogens with zero attached hydrogens (tertiary/aromatic N) is 1. The highest BCUT2D eigenvalue weighted by Crippen LogP contribution is 2.40. The third-order valence-electron chi connectivity index (χ3n) is 4.96. The Bertz CT molecular complexity index is 560. The van der Waals surface area contributed by atoms with Gasteiger partial charge in [-0.1, -0.05) is 18.9 Å². The van der Waals surface area contributed by atoms with Crippen LogP contribution in [0.3, 0.4) is 0 Å². The van der Waals surface area contributed by atoms with Crippen LogP contribution in [0.25, 0.3) is 0 Å². The highest BCUT2D eigenvalue weighted by Gasteiger charge is 2.33. The molecule has 146 valence electrons. The van der Waals surface area contributed by atoms with Gasteiger partial charge in [-0.05, 0) is 43.7 Å². The van der Waals surface area contributed by atoms with Crippen LogP contribution in [-0.2, 0) is 4.74 Å². The molecule has 2 rings (SSSR count). The Hall–Kier alpha value is -1.82. The summed E-state index contributed by atoms with van der Waals surface area (Å²) < 4.78 is 24.2. The Morgan fingerprint density at radius 3 is 2.73 bits per heavy atom. The summed E-state index contributed by atoms with van der Waals surface area (Å²) in [5.41, 5.74) is 0.310. The number of nitrogens with one attached hydrogen (secondary N) is 2. The van der Waals surface area contributed by atoms with Gasteiger partial charge in [0.2, 0.25) is 0 Å². The van der Waals surface area contributed by atoms with Gasteiger partial charge in [-0.3, -0.25) is 4.99 Å². The number of aliphatic imine (C=N–C) groups is 1. The van der Waals surface area contributed by atoms with Crippen LogP contribution in [0.4, 0.5) is 4.39 Å². The van der Waals surface area contributed by atoms with Gasteiger partial charge in [-0.2, -0.15) is 0 Å². The van der Waals surface area contributed by atoms with Crippen LogP contribution in [-0.4, -0.2) is 45.9 Å². The first kappa shape index (κ1) is 20.5. The largest absolute Gasteiger partial charge is 0.492 e. The molecule has 0 aromatic heterocycles. The number of halogens is 1. The Kier molecular flexibility index (Phi) is 8.68. The standard InChI is InChI=1S/C20H32FN3O2/c1-3-25-13-11-20(9-4-5-10-20)16-24-19(22-2)23-12-14-26-18-8-6-7-17(21)15-18/h6-8,15H,3-5,9-14,16H2,1-2H3,(H2,22,23,24). The first-order chi connectivity index (χ1) is 12.7. The molecule has 6 heteroatoms. The maximum atomic E-state index is 13.1. The normalized spacial score (nSPS) is 16.5. The Morgan fingerprint density at radius 2 is 2.04 bits per heavy atom. The molecule has 5 nitrogen and oxygen atoms in total. The number of hydrogen-bond acceptors (Lipinski definition) is 3. The van der Waals surface area contributed by atoms with Crippen molar-refractivity contribution in [3.63, 3.8) is 0 Å². The third kappa shape index (κ3) is 6.83. The van der Waals surface area contributed by atoms with Crippen molar-refractivity contribution in [3.8, 4) is 5.75 Å². The summed E-state index contributed by atoms with van der Waals surface area (Å²) in [6.45, 7) is 5.59. The minimum absolute atomic E-state index is 0.290. The van der Waals surface area contributed by atoms with Crippen LogP contribution < -0.4 is 15.4 Å². The van der Waals surface area contributed by atoms with Gasteiger partial charge in [0.05, 0.1) is 6.54 Å². The fourth-order valence-corrected chi connectivity index (χ4v) is 3.46. The van der Waals surface area contributed by atoms with E-state index in [1.165, 1.54) is 37.8 Å². The molecule has 1 aromatic rings. The van der Waals surface area contributed by atoms with Gasteiger partial charge in [0, 0.05) is 32.9 Å². The van der Waals surface area contributed by atoms with Crippen molar-refractivity contribution in [2.45, 2.75) is 39.0 Å². The molecule has 1 aliphatic rings. The highest BCUT2D eigenvalue weighted by molar-refractivity contribution is 5.79. The van der Waals surface area contributed by atoms with Gasteiger partial charge < -0.3 is 20.1 Å². The first-order valence-electron chi connectivity index (χ1n) is 9.58. The first-order valence-corrected chi connectivity index (χ1v) is 9.58. The molecule has 1 aliphatic carbocycles. The van der Waals surface area contributed by atoms with Crippen LogP contribution in [0.1, 0.15) is 39.0 Å². The maximum Gasteiger partial charge on any atom is 0.191 e. The lowest BCUT2D eigenvalue weighted by Gasteiger charge is -2.30. The Balaban J connectivity index is 1.70. The maximum absolute atomic E-state index is 13.1. The lowest BCUT2D eigenvalue weighted by molar-refractivity contribution is 0.105. The van der Waals surface area contributed by atoms with E-state index in [0.717, 1.165) is 32.1 Å². The van der Waals surface area contributed by atoms with Crippen molar-refractivity contribution in [1.29, 1.82) is 0 Å². The number of ether oxygens (including phenoxy) is 2. The van der Waals surface area contributed by atoms with Gasteiger partial charge in [-0.25, -0.2) is 4.39 Å². The summed E-state index contributed by atoms with van der Waals surface area (Å²) in [6.07, 6.45) is 6.16. The minimum atomic E-state index is -0.290. The van der Waals surface area contributed by atoms with Crippen LogP contribution in [0.15, 0.2) is 29.3 Å².